The Labute approximate surface area is 159 Å². The van der Waals surface area contributed by atoms with Crippen LogP contribution in [-0.2, 0) is 9.84 Å². The zero-order valence-corrected chi connectivity index (χ0v) is 16.5. The molecule has 0 saturated heterocycles. The molecule has 1 amide bonds. The topological polar surface area (TPSA) is 98.2 Å². The van der Waals surface area contributed by atoms with Crippen molar-refractivity contribution in [2.45, 2.75) is 63.5 Å². The van der Waals surface area contributed by atoms with Gasteiger partial charge in [-0.05, 0) is 50.9 Å². The first-order valence-corrected chi connectivity index (χ1v) is 11.4. The first-order chi connectivity index (χ1) is 12.7. The summed E-state index contributed by atoms with van der Waals surface area (Å²) in [6, 6.07) is -0.443. The fraction of sp³-hybridized carbons (Fsp3) is 0.632. The van der Waals surface area contributed by atoms with Crippen molar-refractivity contribution >= 4 is 15.7 Å². The number of hydrogen-bond donors (Lipinski definition) is 1. The third-order valence-corrected chi connectivity index (χ3v) is 6.14. The molecule has 1 spiro atoms. The summed E-state index contributed by atoms with van der Waals surface area (Å²) in [5.41, 5.74) is 0.806. The number of sulfone groups is 1. The molecule has 0 radical (unpaired) electrons. The van der Waals surface area contributed by atoms with E-state index >= 15 is 0 Å². The molecule has 1 aromatic rings. The minimum Gasteiger partial charge on any atom is -0.474 e. The van der Waals surface area contributed by atoms with Crippen molar-refractivity contribution in [3.05, 3.63) is 29.1 Å². The van der Waals surface area contributed by atoms with Crippen LogP contribution in [0.3, 0.4) is 0 Å². The second kappa shape index (κ2) is 6.58. The van der Waals surface area contributed by atoms with Crippen LogP contribution in [0.2, 0.25) is 0 Å². The maximum absolute atomic E-state index is 12.7. The lowest BCUT2D eigenvalue weighted by Gasteiger charge is -2.35. The van der Waals surface area contributed by atoms with Gasteiger partial charge in [-0.3, -0.25) is 4.79 Å². The average molecular weight is 391 g/mol. The smallest absolute Gasteiger partial charge is 0.258 e. The summed E-state index contributed by atoms with van der Waals surface area (Å²) in [5.74, 6) is 1.10. The lowest BCUT2D eigenvalue weighted by atomic mass is 9.79. The fourth-order valence-corrected chi connectivity index (χ4v) is 4.01. The molecule has 0 bridgehead atoms. The van der Waals surface area contributed by atoms with Gasteiger partial charge in [0, 0.05) is 29.8 Å². The molecular weight excluding hydrogens is 366 g/mol. The van der Waals surface area contributed by atoms with Crippen LogP contribution >= 0.6 is 0 Å². The van der Waals surface area contributed by atoms with Gasteiger partial charge >= 0.3 is 0 Å². The number of carbonyl (C=O) groups excluding carboxylic acids is 1. The first kappa shape index (κ1) is 18.4. The summed E-state index contributed by atoms with van der Waals surface area (Å²) in [6.07, 6.45) is 11.0. The number of amides is 1. The second-order valence-electron chi connectivity index (χ2n) is 8.29. The van der Waals surface area contributed by atoms with Crippen molar-refractivity contribution in [1.29, 1.82) is 0 Å². The lowest BCUT2D eigenvalue weighted by molar-refractivity contribution is 0.0452. The Balaban J connectivity index is 1.48. The van der Waals surface area contributed by atoms with E-state index in [4.69, 9.17) is 4.74 Å². The highest BCUT2D eigenvalue weighted by Crippen LogP contribution is 2.61. The quantitative estimate of drug-likeness (QED) is 0.766. The van der Waals surface area contributed by atoms with Crippen LogP contribution in [0.25, 0.3) is 0 Å². The van der Waals surface area contributed by atoms with E-state index < -0.39 is 15.9 Å². The molecule has 27 heavy (non-hydrogen) atoms. The van der Waals surface area contributed by atoms with Gasteiger partial charge in [-0.25, -0.2) is 13.4 Å². The predicted octanol–water partition coefficient (Wildman–Crippen LogP) is 2.35. The molecule has 0 aliphatic heterocycles. The van der Waals surface area contributed by atoms with Crippen molar-refractivity contribution in [2.24, 2.45) is 5.41 Å². The van der Waals surface area contributed by atoms with Crippen molar-refractivity contribution in [2.75, 3.05) is 6.26 Å². The highest BCUT2D eigenvalue weighted by Gasteiger charge is 2.54. The van der Waals surface area contributed by atoms with Gasteiger partial charge in [-0.2, -0.15) is 4.98 Å². The maximum Gasteiger partial charge on any atom is 0.258 e. The van der Waals surface area contributed by atoms with Crippen LogP contribution in [0.5, 0.6) is 5.88 Å². The highest BCUT2D eigenvalue weighted by molar-refractivity contribution is 7.93. The maximum atomic E-state index is 12.7. The predicted molar refractivity (Wildman–Crippen MR) is 100 cm³/mol. The van der Waals surface area contributed by atoms with Gasteiger partial charge < -0.3 is 10.1 Å². The molecule has 3 saturated carbocycles. The number of rotatable bonds is 7. The van der Waals surface area contributed by atoms with Gasteiger partial charge in [-0.1, -0.05) is 6.08 Å². The zero-order chi connectivity index (χ0) is 19.2. The minimum atomic E-state index is -3.23. The van der Waals surface area contributed by atoms with E-state index in [2.05, 4.69) is 15.3 Å². The summed E-state index contributed by atoms with van der Waals surface area (Å²) in [5, 5.41) is 3.85. The SMILES string of the molecule is CC(/C=C/S(C)(=O)=O)NC(=O)c1cnc(C2CC2)nc1OC1CC2(CC2)C1. The Morgan fingerprint density at radius 2 is 2.07 bits per heavy atom. The molecule has 4 rings (SSSR count). The summed E-state index contributed by atoms with van der Waals surface area (Å²) in [7, 11) is -3.23. The molecule has 1 unspecified atom stereocenters. The molecular formula is C19H25N3O4S. The van der Waals surface area contributed by atoms with E-state index in [1.165, 1.54) is 25.1 Å². The standard InChI is InChI=1S/C19H25N3O4S/c1-12(5-8-27(2,24)25)21-17(23)15-11-20-16(13-3-4-13)22-18(15)26-14-9-19(10-14)6-7-19/h5,8,11-14H,3-4,6-7,9-10H2,1-2H3,(H,21,23)/b8-5+. The second-order valence-corrected chi connectivity index (χ2v) is 10.2. The molecule has 0 aromatic carbocycles. The normalized spacial score (nSPS) is 22.4. The molecule has 1 heterocycles. The molecule has 3 fully saturated rings. The van der Waals surface area contributed by atoms with Gasteiger partial charge in [0.05, 0.1) is 0 Å². The summed E-state index contributed by atoms with van der Waals surface area (Å²) >= 11 is 0. The molecule has 8 heteroatoms. The number of ether oxygens (including phenoxy) is 1. The summed E-state index contributed by atoms with van der Waals surface area (Å²) < 4.78 is 28.5. The molecule has 1 atom stereocenters. The first-order valence-electron chi connectivity index (χ1n) is 9.46. The zero-order valence-electron chi connectivity index (χ0n) is 15.6. The molecule has 3 aliphatic rings. The van der Waals surface area contributed by atoms with Crippen LogP contribution in [-0.4, -0.2) is 42.7 Å². The largest absolute Gasteiger partial charge is 0.474 e. The molecule has 3 aliphatic carbocycles. The van der Waals surface area contributed by atoms with Crippen molar-refractivity contribution < 1.29 is 17.9 Å². The number of nitrogens with one attached hydrogen (secondary N) is 1. The average Bonchev–Trinajstić information content (AvgIpc) is 3.43. The van der Waals surface area contributed by atoms with Crippen LogP contribution < -0.4 is 10.1 Å². The molecule has 1 N–H and O–H groups in total. The molecule has 146 valence electrons. The Morgan fingerprint density at radius 1 is 1.37 bits per heavy atom. The van der Waals surface area contributed by atoms with Crippen LogP contribution in [0.15, 0.2) is 17.7 Å². The van der Waals surface area contributed by atoms with E-state index in [0.717, 1.165) is 43.2 Å². The number of aromatic nitrogens is 2. The third-order valence-electron chi connectivity index (χ3n) is 5.49. The van der Waals surface area contributed by atoms with E-state index in [1.54, 1.807) is 6.92 Å². The van der Waals surface area contributed by atoms with Gasteiger partial charge in [0.15, 0.2) is 9.84 Å². The Hall–Kier alpha value is -1.96. The Kier molecular flexibility index (Phi) is 4.49. The van der Waals surface area contributed by atoms with E-state index in [1.807, 2.05) is 0 Å². The minimum absolute atomic E-state index is 0.114. The van der Waals surface area contributed by atoms with Gasteiger partial charge in [0.1, 0.15) is 17.5 Å². The van der Waals surface area contributed by atoms with Crippen molar-refractivity contribution in [1.82, 2.24) is 15.3 Å². The summed E-state index contributed by atoms with van der Waals surface area (Å²) in [6.45, 7) is 1.71. The van der Waals surface area contributed by atoms with Crippen LogP contribution in [0, 0.1) is 5.41 Å². The van der Waals surface area contributed by atoms with E-state index in [9.17, 15) is 13.2 Å². The van der Waals surface area contributed by atoms with Crippen LogP contribution in [0.1, 0.15) is 67.5 Å². The van der Waals surface area contributed by atoms with Crippen molar-refractivity contribution in [3.63, 3.8) is 0 Å². The third kappa shape index (κ3) is 4.48. The van der Waals surface area contributed by atoms with Gasteiger partial charge in [0.2, 0.25) is 5.88 Å². The monoisotopic (exact) mass is 391 g/mol. The van der Waals surface area contributed by atoms with Gasteiger partial charge in [0.25, 0.3) is 5.91 Å². The lowest BCUT2D eigenvalue weighted by Crippen LogP contribution is -2.37. The van der Waals surface area contributed by atoms with E-state index in [-0.39, 0.29) is 12.0 Å². The van der Waals surface area contributed by atoms with Crippen molar-refractivity contribution in [3.8, 4) is 5.88 Å². The number of carbonyl (C=O) groups is 1. The van der Waals surface area contributed by atoms with Gasteiger partial charge in [-0.15, -0.1) is 0 Å². The molecule has 7 nitrogen and oxygen atoms in total. The number of hydrogen-bond acceptors (Lipinski definition) is 6. The number of nitrogens with zero attached hydrogens (tertiary/aromatic N) is 2. The Morgan fingerprint density at radius 3 is 2.67 bits per heavy atom. The van der Waals surface area contributed by atoms with E-state index in [0.29, 0.717) is 22.8 Å². The Bertz CT molecular complexity index is 880. The fourth-order valence-electron chi connectivity index (χ4n) is 3.49. The van der Waals surface area contributed by atoms with Crippen LogP contribution in [0.4, 0.5) is 0 Å². The molecule has 1 aromatic heterocycles. The summed E-state index contributed by atoms with van der Waals surface area (Å²) in [4.78, 5) is 21.5. The highest BCUT2D eigenvalue weighted by atomic mass is 32.2.